The first-order valence-electron chi connectivity index (χ1n) is 7.77. The van der Waals surface area contributed by atoms with Gasteiger partial charge in [0.25, 0.3) is 0 Å². The Morgan fingerprint density at radius 2 is 2.05 bits per heavy atom. The number of rotatable bonds is 4. The highest BCUT2D eigenvalue weighted by molar-refractivity contribution is 5.82. The van der Waals surface area contributed by atoms with Gasteiger partial charge < -0.3 is 14.0 Å². The van der Waals surface area contributed by atoms with E-state index >= 15 is 0 Å². The highest BCUT2D eigenvalue weighted by Gasteiger charge is 2.50. The molecular formula is C15H22N2O4. The molecule has 1 unspecified atom stereocenters. The van der Waals surface area contributed by atoms with Crippen molar-refractivity contribution in [1.29, 1.82) is 0 Å². The Balaban J connectivity index is 1.91. The SMILES string of the molecule is CCOC(=O)C1(c2nc(C3(C)CCCO3)no2)CCCC1. The van der Waals surface area contributed by atoms with Gasteiger partial charge in [-0.1, -0.05) is 18.0 Å². The number of nitrogens with zero attached hydrogens (tertiary/aromatic N) is 2. The molecule has 1 aromatic rings. The molecule has 21 heavy (non-hydrogen) atoms. The molecule has 0 amide bonds. The van der Waals surface area contributed by atoms with Gasteiger partial charge >= 0.3 is 5.97 Å². The van der Waals surface area contributed by atoms with E-state index in [0.717, 1.165) is 25.7 Å². The Morgan fingerprint density at radius 1 is 1.29 bits per heavy atom. The second kappa shape index (κ2) is 5.40. The number of esters is 1. The fraction of sp³-hybridized carbons (Fsp3) is 0.800. The fourth-order valence-electron chi connectivity index (χ4n) is 3.34. The summed E-state index contributed by atoms with van der Waals surface area (Å²) < 4.78 is 16.4. The Hall–Kier alpha value is -1.43. The van der Waals surface area contributed by atoms with E-state index in [-0.39, 0.29) is 5.97 Å². The average molecular weight is 294 g/mol. The lowest BCUT2D eigenvalue weighted by molar-refractivity contribution is -0.151. The van der Waals surface area contributed by atoms with Gasteiger partial charge in [0, 0.05) is 6.61 Å². The minimum atomic E-state index is -0.754. The number of hydrogen-bond donors (Lipinski definition) is 0. The van der Waals surface area contributed by atoms with Gasteiger partial charge in [-0.25, -0.2) is 0 Å². The predicted octanol–water partition coefficient (Wildman–Crippen LogP) is 2.47. The third-order valence-electron chi connectivity index (χ3n) is 4.65. The van der Waals surface area contributed by atoms with E-state index in [1.165, 1.54) is 0 Å². The summed E-state index contributed by atoms with van der Waals surface area (Å²) in [4.78, 5) is 16.9. The zero-order chi connectivity index (χ0) is 14.9. The zero-order valence-corrected chi connectivity index (χ0v) is 12.7. The van der Waals surface area contributed by atoms with Crippen LogP contribution in [0.1, 0.15) is 64.1 Å². The smallest absolute Gasteiger partial charge is 0.321 e. The van der Waals surface area contributed by atoms with Crippen LogP contribution in [0, 0.1) is 0 Å². The maximum Gasteiger partial charge on any atom is 0.321 e. The van der Waals surface area contributed by atoms with Crippen molar-refractivity contribution in [3.05, 3.63) is 11.7 Å². The van der Waals surface area contributed by atoms with Crippen LogP contribution in [-0.4, -0.2) is 29.3 Å². The summed E-state index contributed by atoms with van der Waals surface area (Å²) in [6, 6.07) is 0. The molecule has 0 spiro atoms. The molecule has 1 saturated heterocycles. The van der Waals surface area contributed by atoms with Gasteiger partial charge in [-0.3, -0.25) is 4.79 Å². The first-order valence-corrected chi connectivity index (χ1v) is 7.77. The van der Waals surface area contributed by atoms with Gasteiger partial charge in [0.05, 0.1) is 6.61 Å². The highest BCUT2D eigenvalue weighted by atomic mass is 16.5. The van der Waals surface area contributed by atoms with E-state index < -0.39 is 11.0 Å². The first kappa shape index (κ1) is 14.5. The van der Waals surface area contributed by atoms with Crippen molar-refractivity contribution in [2.75, 3.05) is 13.2 Å². The lowest BCUT2D eigenvalue weighted by atomic mass is 9.86. The fourth-order valence-corrected chi connectivity index (χ4v) is 3.34. The molecule has 6 heteroatoms. The Morgan fingerprint density at radius 3 is 2.67 bits per heavy atom. The van der Waals surface area contributed by atoms with Crippen LogP contribution in [0.25, 0.3) is 0 Å². The summed E-state index contributed by atoms with van der Waals surface area (Å²) in [7, 11) is 0. The monoisotopic (exact) mass is 294 g/mol. The Labute approximate surface area is 124 Å². The van der Waals surface area contributed by atoms with Crippen LogP contribution in [0.4, 0.5) is 0 Å². The van der Waals surface area contributed by atoms with Crippen LogP contribution < -0.4 is 0 Å². The van der Waals surface area contributed by atoms with E-state index in [4.69, 9.17) is 14.0 Å². The van der Waals surface area contributed by atoms with Gasteiger partial charge in [0.1, 0.15) is 11.0 Å². The molecule has 116 valence electrons. The summed E-state index contributed by atoms with van der Waals surface area (Å²) in [5, 5.41) is 4.08. The summed E-state index contributed by atoms with van der Waals surface area (Å²) >= 11 is 0. The molecule has 1 aliphatic heterocycles. The van der Waals surface area contributed by atoms with E-state index in [2.05, 4.69) is 10.1 Å². The van der Waals surface area contributed by atoms with Gasteiger partial charge in [-0.05, 0) is 39.5 Å². The molecule has 1 aliphatic carbocycles. The lowest BCUT2D eigenvalue weighted by Crippen LogP contribution is -2.35. The van der Waals surface area contributed by atoms with Crippen LogP contribution in [0.15, 0.2) is 4.52 Å². The van der Waals surface area contributed by atoms with Crippen molar-refractivity contribution < 1.29 is 18.8 Å². The Bertz CT molecular complexity index is 513. The summed E-state index contributed by atoms with van der Waals surface area (Å²) in [6.07, 6.45) is 5.24. The molecule has 0 N–H and O–H groups in total. The first-order chi connectivity index (χ1) is 10.1. The van der Waals surface area contributed by atoms with Crippen molar-refractivity contribution in [3.8, 4) is 0 Å². The van der Waals surface area contributed by atoms with Crippen LogP contribution in [-0.2, 0) is 25.3 Å². The number of ether oxygens (including phenoxy) is 2. The third kappa shape index (κ3) is 2.35. The molecule has 6 nitrogen and oxygen atoms in total. The normalized spacial score (nSPS) is 27.9. The second-order valence-corrected chi connectivity index (χ2v) is 6.12. The molecule has 2 heterocycles. The van der Waals surface area contributed by atoms with Gasteiger partial charge in [-0.2, -0.15) is 4.98 Å². The van der Waals surface area contributed by atoms with Crippen molar-refractivity contribution in [2.45, 2.75) is 63.4 Å². The van der Waals surface area contributed by atoms with Gasteiger partial charge in [0.15, 0.2) is 0 Å². The minimum absolute atomic E-state index is 0.241. The molecule has 3 rings (SSSR count). The van der Waals surface area contributed by atoms with Crippen LogP contribution in [0.2, 0.25) is 0 Å². The number of carbonyl (C=O) groups excluding carboxylic acids is 1. The topological polar surface area (TPSA) is 74.5 Å². The van der Waals surface area contributed by atoms with Gasteiger partial charge in [-0.15, -0.1) is 0 Å². The summed E-state index contributed by atoms with van der Waals surface area (Å²) in [5.74, 6) is 0.700. The predicted molar refractivity (Wildman–Crippen MR) is 73.6 cm³/mol. The van der Waals surface area contributed by atoms with Crippen molar-refractivity contribution in [1.82, 2.24) is 10.1 Å². The van der Waals surface area contributed by atoms with E-state index in [0.29, 0.717) is 37.8 Å². The minimum Gasteiger partial charge on any atom is -0.465 e. The van der Waals surface area contributed by atoms with E-state index in [1.807, 2.05) is 13.8 Å². The van der Waals surface area contributed by atoms with Crippen LogP contribution >= 0.6 is 0 Å². The van der Waals surface area contributed by atoms with Gasteiger partial charge in [0.2, 0.25) is 11.7 Å². The Kier molecular flexibility index (Phi) is 3.73. The maximum atomic E-state index is 12.4. The largest absolute Gasteiger partial charge is 0.465 e. The molecule has 0 bridgehead atoms. The average Bonchev–Trinajstić information content (AvgIpc) is 3.19. The molecule has 0 aromatic carbocycles. The summed E-state index contributed by atoms with van der Waals surface area (Å²) in [6.45, 7) is 4.86. The number of carbonyl (C=O) groups is 1. The zero-order valence-electron chi connectivity index (χ0n) is 12.7. The lowest BCUT2D eigenvalue weighted by Gasteiger charge is -2.22. The van der Waals surface area contributed by atoms with Crippen molar-refractivity contribution >= 4 is 5.97 Å². The van der Waals surface area contributed by atoms with Crippen molar-refractivity contribution in [3.63, 3.8) is 0 Å². The summed E-state index contributed by atoms with van der Waals surface area (Å²) in [5.41, 5.74) is -1.24. The second-order valence-electron chi connectivity index (χ2n) is 6.12. The standard InChI is InChI=1S/C15H22N2O4/c1-3-19-13(18)15(8-4-5-9-15)12-16-11(17-21-12)14(2)7-6-10-20-14/h3-10H2,1-2H3. The molecule has 1 saturated carbocycles. The molecule has 0 radical (unpaired) electrons. The van der Waals surface area contributed by atoms with Crippen LogP contribution in [0.5, 0.6) is 0 Å². The molecule has 1 atom stereocenters. The highest BCUT2D eigenvalue weighted by Crippen LogP contribution is 2.43. The number of aromatic nitrogens is 2. The van der Waals surface area contributed by atoms with Crippen molar-refractivity contribution in [2.24, 2.45) is 0 Å². The molecule has 2 aliphatic rings. The molecular weight excluding hydrogens is 272 g/mol. The van der Waals surface area contributed by atoms with E-state index in [1.54, 1.807) is 0 Å². The number of hydrogen-bond acceptors (Lipinski definition) is 6. The maximum absolute atomic E-state index is 12.4. The molecule has 1 aromatic heterocycles. The van der Waals surface area contributed by atoms with E-state index in [9.17, 15) is 4.79 Å². The van der Waals surface area contributed by atoms with Crippen LogP contribution in [0.3, 0.4) is 0 Å². The quantitative estimate of drug-likeness (QED) is 0.794. The third-order valence-corrected chi connectivity index (χ3v) is 4.65. The molecule has 2 fully saturated rings.